The minimum atomic E-state index is -3.95. The molecule has 2 rings (SSSR count). The molecule has 0 saturated heterocycles. The fraction of sp³-hybridized carbons (Fsp3) is 0.586. The Balaban J connectivity index is 2.48. The van der Waals surface area contributed by atoms with Crippen LogP contribution in [0, 0.1) is 0 Å². The number of benzene rings is 1. The van der Waals surface area contributed by atoms with Crippen LogP contribution in [0.1, 0.15) is 125 Å². The molecular formula is C29H44N2O7S. The summed E-state index contributed by atoms with van der Waals surface area (Å²) in [6, 6.07) is 3.93. The highest BCUT2D eigenvalue weighted by Gasteiger charge is 2.31. The van der Waals surface area contributed by atoms with Gasteiger partial charge in [-0.25, -0.2) is 22.7 Å². The molecule has 39 heavy (non-hydrogen) atoms. The fourth-order valence-electron chi connectivity index (χ4n) is 4.19. The third-order valence-electron chi connectivity index (χ3n) is 6.13. The smallest absolute Gasteiger partial charge is 0.359 e. The molecule has 0 atom stereocenters. The van der Waals surface area contributed by atoms with E-state index < -0.39 is 33.3 Å². The highest BCUT2D eigenvalue weighted by Crippen LogP contribution is 2.35. The summed E-state index contributed by atoms with van der Waals surface area (Å²) in [4.78, 5) is 25.6. The second kappa shape index (κ2) is 12.6. The Kier molecular flexibility index (Phi) is 10.4. The molecule has 0 aliphatic heterocycles. The number of hydrogen-bond acceptors (Lipinski definition) is 7. The van der Waals surface area contributed by atoms with Crippen molar-refractivity contribution in [2.45, 2.75) is 104 Å². The van der Waals surface area contributed by atoms with Crippen molar-refractivity contribution < 1.29 is 32.6 Å². The maximum Gasteiger partial charge on any atom is 0.359 e. The maximum atomic E-state index is 13.7. The molecule has 0 bridgehead atoms. The summed E-state index contributed by atoms with van der Waals surface area (Å²) in [5.41, 5.74) is 1.27. The lowest BCUT2D eigenvalue weighted by atomic mass is 9.89. The van der Waals surface area contributed by atoms with Crippen molar-refractivity contribution in [1.82, 2.24) is 9.29 Å². The van der Waals surface area contributed by atoms with Crippen LogP contribution in [0.3, 0.4) is 0 Å². The number of carbonyl (C=O) groups is 2. The lowest BCUT2D eigenvalue weighted by Crippen LogP contribution is -2.31. The van der Waals surface area contributed by atoms with Gasteiger partial charge in [0, 0.05) is 19.3 Å². The number of nitrogens with zero attached hydrogens (tertiary/aromatic N) is 1. The van der Waals surface area contributed by atoms with E-state index in [-0.39, 0.29) is 53.6 Å². The zero-order valence-electron chi connectivity index (χ0n) is 24.8. The monoisotopic (exact) mass is 564 g/mol. The van der Waals surface area contributed by atoms with Gasteiger partial charge in [-0.3, -0.25) is 0 Å². The Labute approximate surface area is 232 Å². The highest BCUT2D eigenvalue weighted by atomic mass is 32.2. The van der Waals surface area contributed by atoms with E-state index >= 15 is 0 Å². The van der Waals surface area contributed by atoms with Crippen LogP contribution >= 0.6 is 0 Å². The number of esters is 2. The molecule has 0 unspecified atom stereocenters. The van der Waals surface area contributed by atoms with E-state index in [2.05, 4.69) is 18.6 Å². The van der Waals surface area contributed by atoms with Crippen molar-refractivity contribution in [3.05, 3.63) is 46.3 Å². The molecule has 2 aromatic rings. The first-order chi connectivity index (χ1) is 17.9. The predicted octanol–water partition coefficient (Wildman–Crippen LogP) is 5.67. The lowest BCUT2D eigenvalue weighted by molar-refractivity contribution is 0.00548. The van der Waals surface area contributed by atoms with Crippen molar-refractivity contribution in [2.75, 3.05) is 13.2 Å². The number of aromatic nitrogens is 1. The summed E-state index contributed by atoms with van der Waals surface area (Å²) in [5.74, 6) is -2.02. The maximum absolute atomic E-state index is 13.7. The van der Waals surface area contributed by atoms with Crippen LogP contribution in [0.5, 0.6) is 5.75 Å². The van der Waals surface area contributed by atoms with Crippen LogP contribution < -0.4 is 4.72 Å². The molecule has 218 valence electrons. The van der Waals surface area contributed by atoms with Gasteiger partial charge in [0.2, 0.25) is 10.0 Å². The molecule has 1 aromatic heterocycles. The van der Waals surface area contributed by atoms with Crippen LogP contribution in [0.15, 0.2) is 23.2 Å². The van der Waals surface area contributed by atoms with E-state index in [0.717, 1.165) is 16.7 Å². The Morgan fingerprint density at radius 2 is 1.51 bits per heavy atom. The molecule has 2 N–H and O–H groups in total. The molecule has 0 aliphatic carbocycles. The first-order valence-electron chi connectivity index (χ1n) is 13.4. The topological polar surface area (TPSA) is 124 Å². The second-order valence-electron chi connectivity index (χ2n) is 11.5. The summed E-state index contributed by atoms with van der Waals surface area (Å²) >= 11 is 0. The van der Waals surface area contributed by atoms with Crippen molar-refractivity contribution in [3.63, 3.8) is 0 Å². The number of hydrogen-bond donors (Lipinski definition) is 2. The molecular weight excluding hydrogens is 520 g/mol. The van der Waals surface area contributed by atoms with Gasteiger partial charge < -0.3 is 19.1 Å². The average molecular weight is 565 g/mol. The third kappa shape index (κ3) is 7.85. The first kappa shape index (κ1) is 32.4. The molecule has 1 heterocycles. The van der Waals surface area contributed by atoms with E-state index in [9.17, 15) is 23.1 Å². The van der Waals surface area contributed by atoms with E-state index in [1.165, 1.54) is 10.8 Å². The Morgan fingerprint density at radius 3 is 1.95 bits per heavy atom. The number of ether oxygens (including phenoxy) is 2. The summed E-state index contributed by atoms with van der Waals surface area (Å²) in [6.45, 7) is 18.6. The molecule has 1 aromatic carbocycles. The molecule has 0 amide bonds. The van der Waals surface area contributed by atoms with E-state index in [0.29, 0.717) is 0 Å². The normalized spacial score (nSPS) is 12.4. The number of aromatic hydroxyl groups is 1. The van der Waals surface area contributed by atoms with Gasteiger partial charge in [-0.15, -0.1) is 0 Å². The molecule has 0 fully saturated rings. The predicted molar refractivity (Wildman–Crippen MR) is 151 cm³/mol. The van der Waals surface area contributed by atoms with Gasteiger partial charge in [0.15, 0.2) is 11.4 Å². The van der Waals surface area contributed by atoms with Crippen molar-refractivity contribution >= 4 is 22.0 Å². The summed E-state index contributed by atoms with van der Waals surface area (Å²) in [6.07, 6.45) is 1.28. The van der Waals surface area contributed by atoms with Gasteiger partial charge in [-0.2, -0.15) is 0 Å². The lowest BCUT2D eigenvalue weighted by Gasteiger charge is -2.23. The van der Waals surface area contributed by atoms with Crippen LogP contribution in [0.4, 0.5) is 0 Å². The molecule has 9 nitrogen and oxygen atoms in total. The van der Waals surface area contributed by atoms with Gasteiger partial charge in [-0.1, -0.05) is 53.7 Å². The Bertz CT molecular complexity index is 1270. The Hall–Kier alpha value is -2.85. The second-order valence-corrected chi connectivity index (χ2v) is 13.2. The van der Waals surface area contributed by atoms with E-state index in [1.54, 1.807) is 27.7 Å². The van der Waals surface area contributed by atoms with Crippen molar-refractivity contribution in [1.29, 1.82) is 0 Å². The van der Waals surface area contributed by atoms with Gasteiger partial charge in [-0.05, 0) is 62.1 Å². The quantitative estimate of drug-likeness (QED) is 0.337. The van der Waals surface area contributed by atoms with Gasteiger partial charge >= 0.3 is 11.9 Å². The zero-order valence-corrected chi connectivity index (χ0v) is 25.7. The average Bonchev–Trinajstić information content (AvgIpc) is 3.13. The van der Waals surface area contributed by atoms with Crippen LogP contribution in [0.2, 0.25) is 0 Å². The Morgan fingerprint density at radius 1 is 0.974 bits per heavy atom. The summed E-state index contributed by atoms with van der Waals surface area (Å²) < 4.78 is 41.8. The minimum absolute atomic E-state index is 0.0277. The van der Waals surface area contributed by atoms with Gasteiger partial charge in [0.25, 0.3) is 0 Å². The molecule has 0 radical (unpaired) electrons. The largest absolute Gasteiger partial charge is 0.505 e. The number of nitrogens with one attached hydrogen (secondary N) is 1. The van der Waals surface area contributed by atoms with Crippen LogP contribution in [-0.2, 0) is 26.0 Å². The van der Waals surface area contributed by atoms with Crippen LogP contribution in [-0.4, -0.2) is 48.8 Å². The number of rotatable bonds is 11. The third-order valence-corrected chi connectivity index (χ3v) is 7.73. The SMILES string of the molecule is CCOC(=O)c1cn(CCNS(=O)(=O)c2c(C(C)C)cc(C(C)C)cc2C(C)C)c(C(=O)OC(C)(C)C)c1O. The van der Waals surface area contributed by atoms with Gasteiger partial charge in [0.1, 0.15) is 11.2 Å². The molecule has 0 spiro atoms. The number of carbonyl (C=O) groups excluding carboxylic acids is 2. The standard InChI is InChI=1S/C29H44N2O7S/c1-11-37-27(33)23-16-31(24(25(23)32)28(34)38-29(8,9)10)13-12-30-39(35,36)26-21(18(4)5)14-20(17(2)3)15-22(26)19(6)7/h14-19,30,32H,11-13H2,1-10H3. The van der Waals surface area contributed by atoms with Crippen LogP contribution in [0.25, 0.3) is 0 Å². The molecule has 0 saturated carbocycles. The summed E-state index contributed by atoms with van der Waals surface area (Å²) in [5, 5.41) is 10.7. The minimum Gasteiger partial charge on any atom is -0.505 e. The van der Waals surface area contributed by atoms with Crippen molar-refractivity contribution in [3.8, 4) is 5.75 Å². The first-order valence-corrected chi connectivity index (χ1v) is 14.9. The molecule has 10 heteroatoms. The zero-order chi connectivity index (χ0) is 29.9. The summed E-state index contributed by atoms with van der Waals surface area (Å²) in [7, 11) is -3.95. The van der Waals surface area contributed by atoms with E-state index in [4.69, 9.17) is 9.47 Å². The fourth-order valence-corrected chi connectivity index (χ4v) is 5.91. The molecule has 0 aliphatic rings. The van der Waals surface area contributed by atoms with E-state index in [1.807, 2.05) is 39.8 Å². The van der Waals surface area contributed by atoms with Crippen molar-refractivity contribution in [2.24, 2.45) is 0 Å². The highest BCUT2D eigenvalue weighted by molar-refractivity contribution is 7.89. The van der Waals surface area contributed by atoms with Gasteiger partial charge in [0.05, 0.1) is 11.5 Å². The number of sulfonamides is 1.